The lowest BCUT2D eigenvalue weighted by atomic mass is 9.43. The fourth-order valence-electron chi connectivity index (χ4n) is 9.92. The van der Waals surface area contributed by atoms with Gasteiger partial charge in [-0.3, -0.25) is 9.59 Å². The maximum Gasteiger partial charge on any atom is 0.323 e. The Kier molecular flexibility index (Phi) is 10.1. The van der Waals surface area contributed by atoms with Crippen molar-refractivity contribution < 1.29 is 24.2 Å². The zero-order chi connectivity index (χ0) is 28.4. The molecule has 7 heteroatoms. The topological polar surface area (TPSA) is 125 Å². The van der Waals surface area contributed by atoms with Crippen LogP contribution in [0, 0.1) is 46.3 Å². The molecule has 39 heavy (non-hydrogen) atoms. The van der Waals surface area contributed by atoms with E-state index in [0.717, 1.165) is 44.9 Å². The molecule has 4 saturated carbocycles. The predicted octanol–water partition coefficient (Wildman–Crippen LogP) is 4.96. The van der Waals surface area contributed by atoms with E-state index < -0.39 is 6.04 Å². The molecule has 0 heterocycles. The largest absolute Gasteiger partial charge is 0.466 e. The Morgan fingerprint density at radius 3 is 2.44 bits per heavy atom. The summed E-state index contributed by atoms with van der Waals surface area (Å²) in [6.45, 7) is 10.2. The standard InChI is InChI=1S/C32H56N2O5/c1-5-38-28(36)12-9-20(2)23-10-11-24-29-25(14-16-32(23,24)4)31(3)15-13-22(18-21(31)19-27(29)35)39-30(37)26(34)8-6-7-17-33/h20-27,29,35H,5-19,33-34H2,1-4H3. The smallest absolute Gasteiger partial charge is 0.323 e. The first-order chi connectivity index (χ1) is 18.5. The van der Waals surface area contributed by atoms with Crippen LogP contribution < -0.4 is 11.5 Å². The number of fused-ring (bicyclic) bond motifs is 5. The highest BCUT2D eigenvalue weighted by Crippen LogP contribution is 2.68. The minimum Gasteiger partial charge on any atom is -0.466 e. The van der Waals surface area contributed by atoms with Crippen molar-refractivity contribution in [3.63, 3.8) is 0 Å². The van der Waals surface area contributed by atoms with Crippen molar-refractivity contribution in [3.05, 3.63) is 0 Å². The monoisotopic (exact) mass is 548 g/mol. The second kappa shape index (κ2) is 12.8. The Bertz CT molecular complexity index is 852. The number of ether oxygens (including phenoxy) is 2. The molecule has 4 rings (SSSR count). The number of hydrogen-bond acceptors (Lipinski definition) is 7. The third kappa shape index (κ3) is 6.21. The quantitative estimate of drug-likeness (QED) is 0.246. The molecule has 0 saturated heterocycles. The van der Waals surface area contributed by atoms with Crippen LogP contribution in [-0.2, 0) is 19.1 Å². The van der Waals surface area contributed by atoms with Gasteiger partial charge in [-0.1, -0.05) is 27.2 Å². The van der Waals surface area contributed by atoms with Gasteiger partial charge < -0.3 is 26.0 Å². The number of nitrogens with two attached hydrogens (primary N) is 2. The summed E-state index contributed by atoms with van der Waals surface area (Å²) in [4.78, 5) is 24.6. The van der Waals surface area contributed by atoms with E-state index in [2.05, 4.69) is 20.8 Å². The van der Waals surface area contributed by atoms with Gasteiger partial charge in [0, 0.05) is 6.42 Å². The Balaban J connectivity index is 1.38. The molecule has 0 aromatic heterocycles. The number of hydrogen-bond donors (Lipinski definition) is 3. The summed E-state index contributed by atoms with van der Waals surface area (Å²) < 4.78 is 11.1. The lowest BCUT2D eigenvalue weighted by Gasteiger charge is -2.62. The average Bonchev–Trinajstić information content (AvgIpc) is 3.25. The molecule has 0 amide bonds. The summed E-state index contributed by atoms with van der Waals surface area (Å²) in [6, 6.07) is -0.572. The molecule has 0 aromatic carbocycles. The van der Waals surface area contributed by atoms with Crippen LogP contribution in [0.15, 0.2) is 0 Å². The Morgan fingerprint density at radius 2 is 1.72 bits per heavy atom. The van der Waals surface area contributed by atoms with Crippen LogP contribution in [0.4, 0.5) is 0 Å². The van der Waals surface area contributed by atoms with Crippen LogP contribution in [0.2, 0.25) is 0 Å². The molecule has 7 nitrogen and oxygen atoms in total. The highest BCUT2D eigenvalue weighted by atomic mass is 16.5. The van der Waals surface area contributed by atoms with Gasteiger partial charge in [-0.15, -0.1) is 0 Å². The molecule has 4 aliphatic carbocycles. The lowest BCUT2D eigenvalue weighted by molar-refractivity contribution is -0.183. The van der Waals surface area contributed by atoms with E-state index in [1.165, 1.54) is 25.7 Å². The number of aliphatic hydroxyl groups excluding tert-OH is 1. The molecule has 0 bridgehead atoms. The molecule has 0 aliphatic heterocycles. The summed E-state index contributed by atoms with van der Waals surface area (Å²) in [5.74, 6) is 2.51. The third-order valence-electron chi connectivity index (χ3n) is 12.1. The second-order valence-electron chi connectivity index (χ2n) is 14.1. The fraction of sp³-hybridized carbons (Fsp3) is 0.938. The normalized spacial score (nSPS) is 41.1. The van der Waals surface area contributed by atoms with Crippen molar-refractivity contribution in [2.75, 3.05) is 13.2 Å². The van der Waals surface area contributed by atoms with Crippen molar-refractivity contribution in [3.8, 4) is 0 Å². The van der Waals surface area contributed by atoms with Gasteiger partial charge in [0.1, 0.15) is 12.1 Å². The molecule has 4 aliphatic rings. The second-order valence-corrected chi connectivity index (χ2v) is 14.1. The van der Waals surface area contributed by atoms with Gasteiger partial charge >= 0.3 is 11.9 Å². The van der Waals surface area contributed by atoms with Gasteiger partial charge in [0.05, 0.1) is 12.7 Å². The number of unbranched alkanes of at least 4 members (excludes halogenated alkanes) is 1. The molecule has 0 aromatic rings. The van der Waals surface area contributed by atoms with E-state index in [1.807, 2.05) is 6.92 Å². The maximum atomic E-state index is 12.6. The fourth-order valence-corrected chi connectivity index (χ4v) is 9.92. The van der Waals surface area contributed by atoms with Gasteiger partial charge in [-0.2, -0.15) is 0 Å². The number of esters is 2. The first-order valence-electron chi connectivity index (χ1n) is 16.0. The molecule has 0 spiro atoms. The first-order valence-corrected chi connectivity index (χ1v) is 16.0. The highest BCUT2D eigenvalue weighted by molar-refractivity contribution is 5.75. The molecule has 0 radical (unpaired) electrons. The van der Waals surface area contributed by atoms with Crippen LogP contribution in [0.3, 0.4) is 0 Å². The van der Waals surface area contributed by atoms with Crippen molar-refractivity contribution in [1.29, 1.82) is 0 Å². The van der Waals surface area contributed by atoms with E-state index in [0.29, 0.717) is 61.5 Å². The molecular formula is C32H56N2O5. The Morgan fingerprint density at radius 1 is 1.00 bits per heavy atom. The Labute approximate surface area is 236 Å². The number of carbonyl (C=O) groups excluding carboxylic acids is 2. The minimum atomic E-state index is -0.572. The zero-order valence-corrected chi connectivity index (χ0v) is 25.0. The molecular weight excluding hydrogens is 492 g/mol. The van der Waals surface area contributed by atoms with E-state index in [1.54, 1.807) is 0 Å². The highest BCUT2D eigenvalue weighted by Gasteiger charge is 2.63. The predicted molar refractivity (Wildman–Crippen MR) is 152 cm³/mol. The van der Waals surface area contributed by atoms with Gasteiger partial charge in [0.15, 0.2) is 0 Å². The van der Waals surface area contributed by atoms with Gasteiger partial charge in [-0.05, 0) is 130 Å². The average molecular weight is 549 g/mol. The minimum absolute atomic E-state index is 0.0794. The third-order valence-corrected chi connectivity index (χ3v) is 12.1. The van der Waals surface area contributed by atoms with Crippen LogP contribution in [-0.4, -0.2) is 48.4 Å². The Hall–Kier alpha value is -1.18. The molecule has 4 fully saturated rings. The summed E-state index contributed by atoms with van der Waals surface area (Å²) in [5.41, 5.74) is 12.1. The summed E-state index contributed by atoms with van der Waals surface area (Å²) >= 11 is 0. The van der Waals surface area contributed by atoms with Crippen molar-refractivity contribution in [2.45, 2.75) is 129 Å². The summed E-state index contributed by atoms with van der Waals surface area (Å²) in [5, 5.41) is 11.7. The van der Waals surface area contributed by atoms with Gasteiger partial charge in [0.2, 0.25) is 0 Å². The van der Waals surface area contributed by atoms with Crippen LogP contribution in [0.5, 0.6) is 0 Å². The van der Waals surface area contributed by atoms with Crippen LogP contribution in [0.25, 0.3) is 0 Å². The van der Waals surface area contributed by atoms with Gasteiger partial charge in [0.25, 0.3) is 0 Å². The SMILES string of the molecule is CCOC(=O)CCC(C)C1CCC2C3C(O)CC4CC(OC(=O)C(N)CCCCN)CCC4(C)C3CCC12C. The first kappa shape index (κ1) is 30.8. The molecule has 5 N–H and O–H groups in total. The molecule has 11 atom stereocenters. The van der Waals surface area contributed by atoms with E-state index in [-0.39, 0.29) is 35.0 Å². The van der Waals surface area contributed by atoms with E-state index >= 15 is 0 Å². The summed E-state index contributed by atoms with van der Waals surface area (Å²) in [7, 11) is 0. The summed E-state index contributed by atoms with van der Waals surface area (Å²) in [6.07, 6.45) is 11.7. The van der Waals surface area contributed by atoms with Gasteiger partial charge in [-0.25, -0.2) is 0 Å². The maximum absolute atomic E-state index is 12.6. The number of carbonyl (C=O) groups is 2. The number of aliphatic hydroxyl groups is 1. The van der Waals surface area contributed by atoms with Crippen molar-refractivity contribution in [2.24, 2.45) is 57.8 Å². The molecule has 11 unspecified atom stereocenters. The van der Waals surface area contributed by atoms with Crippen molar-refractivity contribution in [1.82, 2.24) is 0 Å². The number of rotatable bonds is 11. The van der Waals surface area contributed by atoms with E-state index in [9.17, 15) is 14.7 Å². The van der Waals surface area contributed by atoms with Crippen LogP contribution in [0.1, 0.15) is 111 Å². The van der Waals surface area contributed by atoms with Crippen LogP contribution >= 0.6 is 0 Å². The van der Waals surface area contributed by atoms with E-state index in [4.69, 9.17) is 20.9 Å². The lowest BCUT2D eigenvalue weighted by Crippen LogP contribution is -2.59. The zero-order valence-electron chi connectivity index (χ0n) is 25.0. The molecule has 224 valence electrons. The van der Waals surface area contributed by atoms with Crippen molar-refractivity contribution >= 4 is 11.9 Å².